The monoisotopic (exact) mass is 245 g/mol. The summed E-state index contributed by atoms with van der Waals surface area (Å²) in [5, 5.41) is 9.89. The molecule has 2 unspecified atom stereocenters. The van der Waals surface area contributed by atoms with Crippen LogP contribution in [-0.4, -0.2) is 16.6 Å². The number of rotatable bonds is 2. The van der Waals surface area contributed by atoms with Crippen LogP contribution in [0.3, 0.4) is 0 Å². The average Bonchev–Trinajstić information content (AvgIpc) is 2.78. The van der Waals surface area contributed by atoms with Gasteiger partial charge in [-0.15, -0.1) is 0 Å². The third-order valence-electron chi connectivity index (χ3n) is 2.69. The topological polar surface area (TPSA) is 63.3 Å². The Bertz CT molecular complexity index is 415. The Balaban J connectivity index is 2.30. The molecule has 1 fully saturated rings. The largest absolute Gasteiger partial charge is 0.480 e. The van der Waals surface area contributed by atoms with Gasteiger partial charge in [-0.3, -0.25) is 4.79 Å². The molecule has 5 heteroatoms. The summed E-state index contributed by atoms with van der Waals surface area (Å²) in [6, 6.07) is 5.01. The minimum Gasteiger partial charge on any atom is -0.480 e. The summed E-state index contributed by atoms with van der Waals surface area (Å²) in [5.41, 5.74) is 5.32. The normalized spacial score (nSPS) is 28.9. The molecule has 0 heterocycles. The molecule has 15 heavy (non-hydrogen) atoms. The summed E-state index contributed by atoms with van der Waals surface area (Å²) >= 11 is 11.6. The lowest BCUT2D eigenvalue weighted by atomic mass is 10.1. The van der Waals surface area contributed by atoms with E-state index in [2.05, 4.69) is 0 Å². The SMILES string of the molecule is NC1(C(=O)O)CC1c1cc(Cl)cc(Cl)c1. The minimum absolute atomic E-state index is 0.189. The first-order chi connectivity index (χ1) is 6.93. The van der Waals surface area contributed by atoms with Gasteiger partial charge < -0.3 is 10.8 Å². The van der Waals surface area contributed by atoms with Crippen LogP contribution in [0.4, 0.5) is 0 Å². The number of hydrogen-bond donors (Lipinski definition) is 2. The highest BCUT2D eigenvalue weighted by Crippen LogP contribution is 2.50. The fraction of sp³-hybridized carbons (Fsp3) is 0.300. The van der Waals surface area contributed by atoms with Gasteiger partial charge >= 0.3 is 5.97 Å². The van der Waals surface area contributed by atoms with Crippen molar-refractivity contribution in [3.05, 3.63) is 33.8 Å². The maximum absolute atomic E-state index is 10.8. The van der Waals surface area contributed by atoms with Gasteiger partial charge in [0.2, 0.25) is 0 Å². The third kappa shape index (κ3) is 1.83. The van der Waals surface area contributed by atoms with E-state index in [9.17, 15) is 4.79 Å². The van der Waals surface area contributed by atoms with Crippen molar-refractivity contribution in [2.24, 2.45) is 5.73 Å². The van der Waals surface area contributed by atoms with Crippen LogP contribution in [0.25, 0.3) is 0 Å². The van der Waals surface area contributed by atoms with Crippen LogP contribution in [0.15, 0.2) is 18.2 Å². The van der Waals surface area contributed by atoms with Crippen LogP contribution in [0, 0.1) is 0 Å². The Morgan fingerprint density at radius 3 is 2.33 bits per heavy atom. The lowest BCUT2D eigenvalue weighted by molar-refractivity contribution is -0.139. The summed E-state index contributed by atoms with van der Waals surface area (Å²) in [6.07, 6.45) is 0.430. The molecule has 3 N–H and O–H groups in total. The highest BCUT2D eigenvalue weighted by molar-refractivity contribution is 6.34. The van der Waals surface area contributed by atoms with Crippen LogP contribution in [-0.2, 0) is 4.79 Å². The van der Waals surface area contributed by atoms with Crippen molar-refractivity contribution in [3.63, 3.8) is 0 Å². The summed E-state index contributed by atoms with van der Waals surface area (Å²) in [7, 11) is 0. The molecule has 0 radical (unpaired) electrons. The van der Waals surface area contributed by atoms with E-state index in [0.717, 1.165) is 5.56 Å². The van der Waals surface area contributed by atoms with Crippen molar-refractivity contribution in [1.82, 2.24) is 0 Å². The first-order valence-electron chi connectivity index (χ1n) is 4.42. The smallest absolute Gasteiger partial charge is 0.324 e. The molecule has 0 spiro atoms. The number of benzene rings is 1. The molecule has 0 amide bonds. The molecule has 3 nitrogen and oxygen atoms in total. The van der Waals surface area contributed by atoms with Gasteiger partial charge in [-0.25, -0.2) is 0 Å². The van der Waals surface area contributed by atoms with Crippen LogP contribution >= 0.6 is 23.2 Å². The molecule has 1 aromatic rings. The summed E-state index contributed by atoms with van der Waals surface area (Å²) in [5.74, 6) is -1.17. The van der Waals surface area contributed by atoms with Crippen molar-refractivity contribution in [3.8, 4) is 0 Å². The maximum Gasteiger partial charge on any atom is 0.324 e. The molecule has 2 atom stereocenters. The van der Waals surface area contributed by atoms with Gasteiger partial charge in [-0.05, 0) is 30.2 Å². The Labute approximate surface area is 96.8 Å². The fourth-order valence-corrected chi connectivity index (χ4v) is 2.25. The van der Waals surface area contributed by atoms with E-state index in [0.29, 0.717) is 16.5 Å². The van der Waals surface area contributed by atoms with E-state index in [1.54, 1.807) is 18.2 Å². The molecule has 2 rings (SSSR count). The Kier molecular flexibility index (Phi) is 2.41. The van der Waals surface area contributed by atoms with Crippen LogP contribution in [0.1, 0.15) is 17.9 Å². The minimum atomic E-state index is -1.14. The van der Waals surface area contributed by atoms with Crippen LogP contribution in [0.2, 0.25) is 10.0 Å². The number of nitrogens with two attached hydrogens (primary N) is 1. The molecular weight excluding hydrogens is 237 g/mol. The third-order valence-corrected chi connectivity index (χ3v) is 3.13. The first kappa shape index (κ1) is 10.7. The van der Waals surface area contributed by atoms with Gasteiger partial charge in [0, 0.05) is 16.0 Å². The fourth-order valence-electron chi connectivity index (χ4n) is 1.71. The number of carboxylic acid groups (broad SMARTS) is 1. The number of aliphatic carboxylic acids is 1. The maximum atomic E-state index is 10.8. The van der Waals surface area contributed by atoms with Crippen LogP contribution in [0.5, 0.6) is 0 Å². The molecule has 0 aliphatic heterocycles. The zero-order valence-electron chi connectivity index (χ0n) is 7.71. The Hall–Kier alpha value is -0.770. The molecule has 1 saturated carbocycles. The second kappa shape index (κ2) is 3.37. The number of carboxylic acids is 1. The van der Waals surface area contributed by atoms with E-state index in [4.69, 9.17) is 34.0 Å². The first-order valence-corrected chi connectivity index (χ1v) is 5.17. The highest BCUT2D eigenvalue weighted by atomic mass is 35.5. The molecular formula is C10H9Cl2NO2. The van der Waals surface area contributed by atoms with Gasteiger partial charge in [0.15, 0.2) is 0 Å². The van der Waals surface area contributed by atoms with Crippen molar-refractivity contribution in [1.29, 1.82) is 0 Å². The molecule has 0 saturated heterocycles. The van der Waals surface area contributed by atoms with Crippen molar-refractivity contribution >= 4 is 29.2 Å². The van der Waals surface area contributed by atoms with Crippen molar-refractivity contribution in [2.45, 2.75) is 17.9 Å². The summed E-state index contributed by atoms with van der Waals surface area (Å²) < 4.78 is 0. The molecule has 0 aromatic heterocycles. The molecule has 0 bridgehead atoms. The summed E-state index contributed by atoms with van der Waals surface area (Å²) in [6.45, 7) is 0. The molecule has 1 aromatic carbocycles. The Morgan fingerprint density at radius 2 is 1.93 bits per heavy atom. The predicted octanol–water partition coefficient (Wildman–Crippen LogP) is 2.26. The van der Waals surface area contributed by atoms with E-state index < -0.39 is 11.5 Å². The highest BCUT2D eigenvalue weighted by Gasteiger charge is 2.58. The zero-order valence-corrected chi connectivity index (χ0v) is 9.22. The predicted molar refractivity (Wildman–Crippen MR) is 58.4 cm³/mol. The lowest BCUT2D eigenvalue weighted by Gasteiger charge is -2.06. The summed E-state index contributed by atoms with van der Waals surface area (Å²) in [4.78, 5) is 10.8. The average molecular weight is 246 g/mol. The number of halogens is 2. The van der Waals surface area contributed by atoms with Crippen molar-refractivity contribution in [2.75, 3.05) is 0 Å². The van der Waals surface area contributed by atoms with E-state index >= 15 is 0 Å². The standard InChI is InChI=1S/C10H9Cl2NO2/c11-6-1-5(2-7(12)3-6)8-4-10(8,13)9(14)15/h1-3,8H,4,13H2,(H,14,15). The van der Waals surface area contributed by atoms with E-state index in [-0.39, 0.29) is 5.92 Å². The van der Waals surface area contributed by atoms with Crippen molar-refractivity contribution < 1.29 is 9.90 Å². The van der Waals surface area contributed by atoms with Gasteiger partial charge in [0.05, 0.1) is 0 Å². The van der Waals surface area contributed by atoms with Crippen LogP contribution < -0.4 is 5.73 Å². The molecule has 80 valence electrons. The molecule has 1 aliphatic carbocycles. The quantitative estimate of drug-likeness (QED) is 0.841. The second-order valence-electron chi connectivity index (χ2n) is 3.81. The van der Waals surface area contributed by atoms with Gasteiger partial charge in [-0.1, -0.05) is 23.2 Å². The van der Waals surface area contributed by atoms with Gasteiger partial charge in [-0.2, -0.15) is 0 Å². The zero-order chi connectivity index (χ0) is 11.2. The van der Waals surface area contributed by atoms with E-state index in [1.165, 1.54) is 0 Å². The Morgan fingerprint density at radius 1 is 1.40 bits per heavy atom. The molecule has 1 aliphatic rings. The lowest BCUT2D eigenvalue weighted by Crippen LogP contribution is -2.34. The van der Waals surface area contributed by atoms with Gasteiger partial charge in [0.25, 0.3) is 0 Å². The number of hydrogen-bond acceptors (Lipinski definition) is 2. The second-order valence-corrected chi connectivity index (χ2v) is 4.68. The van der Waals surface area contributed by atoms with Gasteiger partial charge in [0.1, 0.15) is 5.54 Å². The van der Waals surface area contributed by atoms with E-state index in [1.807, 2.05) is 0 Å². The number of carbonyl (C=O) groups is 1.